The molecule has 29 heavy (non-hydrogen) atoms. The molecule has 148 valence electrons. The summed E-state index contributed by atoms with van der Waals surface area (Å²) in [5.41, 5.74) is 0.276. The molecule has 0 saturated heterocycles. The van der Waals surface area contributed by atoms with Crippen molar-refractivity contribution in [2.45, 2.75) is 12.3 Å². The summed E-state index contributed by atoms with van der Waals surface area (Å²) in [6.07, 6.45) is -4.11. The summed E-state index contributed by atoms with van der Waals surface area (Å²) >= 11 is 0. The molecule has 0 bridgehead atoms. The van der Waals surface area contributed by atoms with Crippen LogP contribution >= 0.6 is 0 Å². The topological polar surface area (TPSA) is 86.4 Å². The van der Waals surface area contributed by atoms with Gasteiger partial charge in [-0.3, -0.25) is 4.98 Å². The molecule has 0 aliphatic heterocycles. The minimum absolute atomic E-state index is 0.105. The van der Waals surface area contributed by atoms with Crippen LogP contribution in [0.4, 0.5) is 13.2 Å². The van der Waals surface area contributed by atoms with E-state index in [0.29, 0.717) is 17.0 Å². The molecule has 1 atom stereocenters. The molecule has 8 heteroatoms. The van der Waals surface area contributed by atoms with Crippen LogP contribution in [-0.4, -0.2) is 21.8 Å². The molecule has 0 aliphatic rings. The molecule has 3 aromatic rings. The van der Waals surface area contributed by atoms with E-state index < -0.39 is 30.0 Å². The predicted molar refractivity (Wildman–Crippen MR) is 98.0 cm³/mol. The average Bonchev–Trinajstić information content (AvgIpc) is 2.73. The number of hydrogen-bond donors (Lipinski definition) is 2. The van der Waals surface area contributed by atoms with Gasteiger partial charge in [0.25, 0.3) is 0 Å². The Balaban J connectivity index is 1.81. The summed E-state index contributed by atoms with van der Waals surface area (Å²) in [6, 6.07) is 14.4. The van der Waals surface area contributed by atoms with E-state index in [1.54, 1.807) is 36.4 Å². The van der Waals surface area contributed by atoms with Gasteiger partial charge >= 0.3 is 6.18 Å². The number of aliphatic hydroxyl groups is 2. The Morgan fingerprint density at radius 3 is 2.34 bits per heavy atom. The van der Waals surface area contributed by atoms with Crippen LogP contribution in [0.1, 0.15) is 22.8 Å². The normalized spacial score (nSPS) is 12.3. The summed E-state index contributed by atoms with van der Waals surface area (Å²) in [5.74, 6) is 0.470. The van der Waals surface area contributed by atoms with Crippen molar-refractivity contribution in [1.29, 1.82) is 5.26 Å². The van der Waals surface area contributed by atoms with E-state index in [1.165, 1.54) is 12.3 Å². The zero-order valence-electron chi connectivity index (χ0n) is 14.9. The molecule has 2 aromatic carbocycles. The fourth-order valence-electron chi connectivity index (χ4n) is 2.67. The summed E-state index contributed by atoms with van der Waals surface area (Å²) in [7, 11) is 0. The van der Waals surface area contributed by atoms with Crippen LogP contribution in [0.25, 0.3) is 11.3 Å². The van der Waals surface area contributed by atoms with Crippen LogP contribution in [0, 0.1) is 11.3 Å². The maximum Gasteiger partial charge on any atom is 0.417 e. The second-order valence-electron chi connectivity index (χ2n) is 6.12. The Labute approximate surface area is 164 Å². The van der Waals surface area contributed by atoms with Crippen molar-refractivity contribution in [3.63, 3.8) is 0 Å². The van der Waals surface area contributed by atoms with Gasteiger partial charge in [-0.1, -0.05) is 0 Å². The summed E-state index contributed by atoms with van der Waals surface area (Å²) in [6.45, 7) is -0.409. The Morgan fingerprint density at radius 2 is 1.72 bits per heavy atom. The predicted octanol–water partition coefficient (Wildman–Crippen LogP) is 4.46. The third-order valence-electron chi connectivity index (χ3n) is 4.14. The number of benzene rings is 2. The number of hydrogen-bond acceptors (Lipinski definition) is 5. The maximum absolute atomic E-state index is 12.9. The number of pyridine rings is 1. The van der Waals surface area contributed by atoms with E-state index in [9.17, 15) is 18.3 Å². The Bertz CT molecular complexity index is 1040. The first-order chi connectivity index (χ1) is 13.8. The largest absolute Gasteiger partial charge is 0.457 e. The number of halogens is 3. The molecule has 3 rings (SSSR count). The molecular weight excluding hydrogens is 385 g/mol. The number of rotatable bonds is 5. The molecule has 1 heterocycles. The highest BCUT2D eigenvalue weighted by Gasteiger charge is 2.33. The number of aromatic nitrogens is 1. The summed E-state index contributed by atoms with van der Waals surface area (Å²) in [5, 5.41) is 27.8. The van der Waals surface area contributed by atoms with Gasteiger partial charge in [-0.15, -0.1) is 0 Å². The fourth-order valence-corrected chi connectivity index (χ4v) is 2.67. The van der Waals surface area contributed by atoms with E-state index in [-0.39, 0.29) is 5.75 Å². The first-order valence-electron chi connectivity index (χ1n) is 8.46. The van der Waals surface area contributed by atoms with E-state index >= 15 is 0 Å². The lowest BCUT2D eigenvalue weighted by Gasteiger charge is -2.12. The van der Waals surface area contributed by atoms with Crippen LogP contribution in [0.3, 0.4) is 0 Å². The molecule has 2 N–H and O–H groups in total. The lowest BCUT2D eigenvalue weighted by Crippen LogP contribution is -2.07. The van der Waals surface area contributed by atoms with Crippen LogP contribution in [0.15, 0.2) is 60.8 Å². The lowest BCUT2D eigenvalue weighted by atomic mass is 10.1. The fraction of sp³-hybridized carbons (Fsp3) is 0.143. The van der Waals surface area contributed by atoms with Gasteiger partial charge in [0.2, 0.25) is 0 Å². The zero-order chi connectivity index (χ0) is 21.0. The number of nitrogens with zero attached hydrogens (tertiary/aromatic N) is 2. The highest BCUT2D eigenvalue weighted by Crippen LogP contribution is 2.34. The maximum atomic E-state index is 12.9. The minimum atomic E-state index is -4.61. The Kier molecular flexibility index (Phi) is 5.82. The number of alkyl halides is 3. The van der Waals surface area contributed by atoms with E-state index in [1.807, 2.05) is 0 Å². The van der Waals surface area contributed by atoms with Gasteiger partial charge < -0.3 is 14.9 Å². The van der Waals surface area contributed by atoms with E-state index in [2.05, 4.69) is 4.98 Å². The van der Waals surface area contributed by atoms with Crippen LogP contribution in [0.5, 0.6) is 11.5 Å². The number of ether oxygens (including phenoxy) is 1. The van der Waals surface area contributed by atoms with Crippen LogP contribution in [0.2, 0.25) is 0 Å². The van der Waals surface area contributed by atoms with Crippen molar-refractivity contribution >= 4 is 0 Å². The highest BCUT2D eigenvalue weighted by atomic mass is 19.4. The summed E-state index contributed by atoms with van der Waals surface area (Å²) in [4.78, 5) is 4.22. The molecule has 1 aromatic heterocycles. The Hall–Kier alpha value is -3.41. The van der Waals surface area contributed by atoms with Gasteiger partial charge in [-0.25, -0.2) is 0 Å². The lowest BCUT2D eigenvalue weighted by molar-refractivity contribution is -0.137. The number of nitriles is 1. The van der Waals surface area contributed by atoms with Gasteiger partial charge in [-0.05, 0) is 60.2 Å². The van der Waals surface area contributed by atoms with Crippen LogP contribution < -0.4 is 4.74 Å². The van der Waals surface area contributed by atoms with Crippen molar-refractivity contribution in [1.82, 2.24) is 4.98 Å². The monoisotopic (exact) mass is 400 g/mol. The third-order valence-corrected chi connectivity index (χ3v) is 4.14. The van der Waals surface area contributed by atoms with Crippen molar-refractivity contribution in [3.05, 3.63) is 77.5 Å². The second-order valence-corrected chi connectivity index (χ2v) is 6.12. The van der Waals surface area contributed by atoms with Crippen molar-refractivity contribution in [2.24, 2.45) is 0 Å². The third kappa shape index (κ3) is 4.71. The van der Waals surface area contributed by atoms with E-state index in [0.717, 1.165) is 23.8 Å². The highest BCUT2D eigenvalue weighted by molar-refractivity contribution is 5.61. The van der Waals surface area contributed by atoms with Gasteiger partial charge in [0.15, 0.2) is 0 Å². The zero-order valence-corrected chi connectivity index (χ0v) is 14.9. The standard InChI is InChI=1S/C21H15F3N2O3/c22-21(23,24)18-6-5-17(9-15(18)11-25)29-16-3-1-13(2-4-16)19-10-14(7-8-26-19)20(28)12-27/h1-10,20,27-28H,12H2/t20-/m0/s1. The Morgan fingerprint density at radius 1 is 1.03 bits per heavy atom. The van der Waals surface area contributed by atoms with Gasteiger partial charge in [0.1, 0.15) is 17.6 Å². The van der Waals surface area contributed by atoms with Crippen LogP contribution in [-0.2, 0) is 6.18 Å². The molecule has 0 saturated carbocycles. The van der Waals surface area contributed by atoms with E-state index in [4.69, 9.17) is 15.1 Å². The van der Waals surface area contributed by atoms with Crippen molar-refractivity contribution < 1.29 is 28.1 Å². The molecule has 0 aliphatic carbocycles. The van der Waals surface area contributed by atoms with Crippen molar-refractivity contribution in [3.8, 4) is 28.8 Å². The van der Waals surface area contributed by atoms with Crippen molar-refractivity contribution in [2.75, 3.05) is 6.61 Å². The first kappa shape index (κ1) is 20.3. The molecule has 0 amide bonds. The summed E-state index contributed by atoms with van der Waals surface area (Å²) < 4.78 is 44.2. The number of aliphatic hydroxyl groups excluding tert-OH is 2. The van der Waals surface area contributed by atoms with Gasteiger partial charge in [0, 0.05) is 11.8 Å². The second kappa shape index (κ2) is 8.31. The molecular formula is C21H15F3N2O3. The average molecular weight is 400 g/mol. The molecule has 0 radical (unpaired) electrons. The SMILES string of the molecule is N#Cc1cc(Oc2ccc(-c3cc([C@@H](O)CO)ccn3)cc2)ccc1C(F)(F)F. The van der Waals surface area contributed by atoms with Gasteiger partial charge in [0.05, 0.1) is 29.5 Å². The molecule has 5 nitrogen and oxygen atoms in total. The smallest absolute Gasteiger partial charge is 0.417 e. The first-order valence-corrected chi connectivity index (χ1v) is 8.46. The minimum Gasteiger partial charge on any atom is -0.457 e. The molecule has 0 unspecified atom stereocenters. The molecule has 0 spiro atoms. The quantitative estimate of drug-likeness (QED) is 0.661. The molecule has 0 fully saturated rings. The van der Waals surface area contributed by atoms with Gasteiger partial charge in [-0.2, -0.15) is 18.4 Å².